The van der Waals surface area contributed by atoms with Crippen LogP contribution in [0.25, 0.3) is 0 Å². The van der Waals surface area contributed by atoms with Gasteiger partial charge in [-0.2, -0.15) is 0 Å². The van der Waals surface area contributed by atoms with E-state index in [1.807, 2.05) is 12.1 Å². The zero-order chi connectivity index (χ0) is 18.8. The minimum atomic E-state index is -1.04. The molecule has 1 aliphatic rings. The van der Waals surface area contributed by atoms with Crippen LogP contribution in [0.5, 0.6) is 0 Å². The van der Waals surface area contributed by atoms with Crippen LogP contribution in [0.4, 0.5) is 0 Å². The molecular weight excluding hydrogens is 555 g/mol. The van der Waals surface area contributed by atoms with Gasteiger partial charge in [-0.1, -0.05) is 51.1 Å². The summed E-state index contributed by atoms with van der Waals surface area (Å²) in [5.74, 6) is 0.0137. The molecule has 1 aliphatic carbocycles. The van der Waals surface area contributed by atoms with E-state index in [0.29, 0.717) is 0 Å². The number of hydrogen-bond acceptors (Lipinski definition) is 1. The van der Waals surface area contributed by atoms with E-state index < -0.39 is 8.80 Å². The zero-order valence-electron chi connectivity index (χ0n) is 18.9. The molecule has 2 rings (SSSR count). The van der Waals surface area contributed by atoms with Gasteiger partial charge in [-0.25, -0.2) is 0 Å². The fourth-order valence-electron chi connectivity index (χ4n) is 3.77. The molecule has 0 spiro atoms. The molecule has 0 saturated heterocycles. The van der Waals surface area contributed by atoms with Crippen molar-refractivity contribution in [1.82, 2.24) is 5.32 Å². The normalized spacial score (nSPS) is 17.2. The van der Waals surface area contributed by atoms with Gasteiger partial charge in [-0.05, 0) is 62.5 Å². The molecule has 0 aliphatic heterocycles. The molecule has 0 radical (unpaired) electrons. The average Bonchev–Trinajstić information content (AvgIpc) is 2.76. The number of halogens is 4. The second-order valence-corrected chi connectivity index (χ2v) is 11.3. The summed E-state index contributed by atoms with van der Waals surface area (Å²) in [7, 11) is -1.04. The van der Waals surface area contributed by atoms with Crippen molar-refractivity contribution in [2.24, 2.45) is 0 Å². The van der Waals surface area contributed by atoms with Gasteiger partial charge >= 0.3 is 26.2 Å². The van der Waals surface area contributed by atoms with E-state index in [-0.39, 0.29) is 86.8 Å². The molecule has 2 nitrogen and oxygen atoms in total. The van der Waals surface area contributed by atoms with Crippen LogP contribution in [0.2, 0.25) is 18.1 Å². The third-order valence-electron chi connectivity index (χ3n) is 6.23. The first-order chi connectivity index (χ1) is 11.7. The minimum Gasteiger partial charge on any atom is -1.00 e. The maximum atomic E-state index is 12.8. The van der Waals surface area contributed by atoms with Crippen molar-refractivity contribution in [2.45, 2.75) is 72.0 Å². The van der Waals surface area contributed by atoms with Crippen LogP contribution in [0, 0.1) is 0 Å². The van der Waals surface area contributed by atoms with Gasteiger partial charge in [-0.3, -0.25) is 4.79 Å². The largest absolute Gasteiger partial charge is 4.00 e. The van der Waals surface area contributed by atoms with Gasteiger partial charge in [0.05, 0.1) is 0 Å². The number of carbonyl (C=O) groups excluding carboxylic acids is 1. The first-order valence-electron chi connectivity index (χ1n) is 9.53. The van der Waals surface area contributed by atoms with Gasteiger partial charge in [0, 0.05) is 25.1 Å². The summed E-state index contributed by atoms with van der Waals surface area (Å²) in [6, 6.07) is 8.10. The van der Waals surface area contributed by atoms with Crippen LogP contribution in [0.1, 0.15) is 63.4 Å². The third-order valence-corrected chi connectivity index (χ3v) is 9.26. The van der Waals surface area contributed by atoms with E-state index in [2.05, 4.69) is 65.2 Å². The molecule has 168 valence electrons. The SMILES string of the molecule is CCCCc1ccc(C(=O)NC2=C(C)C(C)=C(C)C2(C)[SiH](C)C)cc1.[Cl-].[Cl-].[Cl-].[Cl-].[Zr+4]. The zero-order valence-corrected chi connectivity index (χ0v) is 25.6. The van der Waals surface area contributed by atoms with Crippen molar-refractivity contribution in [3.63, 3.8) is 0 Å². The molecule has 30 heavy (non-hydrogen) atoms. The smallest absolute Gasteiger partial charge is 1.00 e. The van der Waals surface area contributed by atoms with Gasteiger partial charge in [-0.15, -0.1) is 0 Å². The van der Waals surface area contributed by atoms with Crippen LogP contribution in [0.15, 0.2) is 46.7 Å². The monoisotopic (exact) mass is 585 g/mol. The fourth-order valence-corrected chi connectivity index (χ4v) is 5.72. The molecule has 1 amide bonds. The van der Waals surface area contributed by atoms with Crippen molar-refractivity contribution in [3.05, 3.63) is 57.8 Å². The number of carbonyl (C=O) groups is 1. The Morgan fingerprint density at radius 2 is 1.47 bits per heavy atom. The van der Waals surface area contributed by atoms with Gasteiger partial charge in [0.15, 0.2) is 0 Å². The number of rotatable bonds is 6. The maximum absolute atomic E-state index is 12.8. The Balaban J connectivity index is -0.000000676. The summed E-state index contributed by atoms with van der Waals surface area (Å²) in [4.78, 5) is 12.8. The molecule has 0 heterocycles. The van der Waals surface area contributed by atoms with Crippen LogP contribution in [-0.2, 0) is 32.6 Å². The summed E-state index contributed by atoms with van der Waals surface area (Å²) in [6.45, 7) is 15.8. The van der Waals surface area contributed by atoms with E-state index in [1.54, 1.807) is 0 Å². The second kappa shape index (κ2) is 16.1. The number of aryl methyl sites for hydroxylation is 1. The number of hydrogen-bond donors (Lipinski definition) is 1. The number of unbranched alkanes of at least 4 members (excludes halogenated alkanes) is 1. The predicted octanol–water partition coefficient (Wildman–Crippen LogP) is -6.36. The molecule has 1 N–H and O–H groups in total. The van der Waals surface area contributed by atoms with Gasteiger partial charge in [0.2, 0.25) is 0 Å². The predicted molar refractivity (Wildman–Crippen MR) is 111 cm³/mol. The topological polar surface area (TPSA) is 29.1 Å². The second-order valence-electron chi connectivity index (χ2n) is 7.86. The van der Waals surface area contributed by atoms with E-state index in [9.17, 15) is 4.79 Å². The molecule has 0 aromatic heterocycles. The van der Waals surface area contributed by atoms with Gasteiger partial charge < -0.3 is 54.9 Å². The summed E-state index contributed by atoms with van der Waals surface area (Å²) in [6.07, 6.45) is 3.47. The first kappa shape index (κ1) is 37.7. The Bertz CT molecular complexity index is 735. The van der Waals surface area contributed by atoms with Crippen molar-refractivity contribution in [1.29, 1.82) is 0 Å². The maximum Gasteiger partial charge on any atom is 4.00 e. The van der Waals surface area contributed by atoms with Crippen molar-refractivity contribution >= 4 is 14.7 Å². The number of amides is 1. The van der Waals surface area contributed by atoms with Crippen molar-refractivity contribution in [2.75, 3.05) is 0 Å². The molecule has 1 aromatic carbocycles. The molecule has 0 bridgehead atoms. The minimum absolute atomic E-state index is 0. The fraction of sp³-hybridized carbons (Fsp3) is 0.500. The Morgan fingerprint density at radius 1 is 0.967 bits per heavy atom. The molecule has 0 fully saturated rings. The molecule has 1 aromatic rings. The standard InChI is InChI=1S/C22H33NOSi.4ClH.Zr/c1-8-9-10-18-11-13-19(14-12-18)21(24)23-20-16(3)15(2)17(4)22(20,5)25(6)7;;;;;/h11-14,25H,8-10H2,1-7H3,(H,23,24);4*1H;/q;;;;;+4/p-4. The number of benzene rings is 1. The van der Waals surface area contributed by atoms with Crippen LogP contribution < -0.4 is 54.9 Å². The molecule has 8 heteroatoms. The van der Waals surface area contributed by atoms with Crippen molar-refractivity contribution < 1.29 is 80.6 Å². The summed E-state index contributed by atoms with van der Waals surface area (Å²) in [5.41, 5.74) is 7.20. The summed E-state index contributed by atoms with van der Waals surface area (Å²) < 4.78 is 0. The molecule has 0 saturated carbocycles. The Kier molecular flexibility index (Phi) is 20.3. The Morgan fingerprint density at radius 3 is 1.90 bits per heavy atom. The molecule has 1 unspecified atom stereocenters. The van der Waals surface area contributed by atoms with Crippen LogP contribution in [0.3, 0.4) is 0 Å². The van der Waals surface area contributed by atoms with Gasteiger partial charge in [0.1, 0.15) is 0 Å². The first-order valence-corrected chi connectivity index (χ1v) is 12.4. The Hall–Kier alpha value is 0.430. The van der Waals surface area contributed by atoms with Crippen LogP contribution in [-0.4, -0.2) is 14.7 Å². The molecular formula is C22H33Cl4NOSiZr. The van der Waals surface area contributed by atoms with Crippen LogP contribution >= 0.6 is 0 Å². The summed E-state index contributed by atoms with van der Waals surface area (Å²) in [5, 5.41) is 3.31. The van der Waals surface area contributed by atoms with E-state index >= 15 is 0 Å². The number of nitrogens with one attached hydrogen (secondary N) is 1. The van der Waals surface area contributed by atoms with Gasteiger partial charge in [0.25, 0.3) is 5.91 Å². The summed E-state index contributed by atoms with van der Waals surface area (Å²) >= 11 is 0. The van der Waals surface area contributed by atoms with E-state index in [1.165, 1.54) is 35.1 Å². The quantitative estimate of drug-likeness (QED) is 0.330. The van der Waals surface area contributed by atoms with E-state index in [0.717, 1.165) is 17.7 Å². The van der Waals surface area contributed by atoms with Crippen molar-refractivity contribution in [3.8, 4) is 0 Å². The molecule has 1 atom stereocenters. The third kappa shape index (κ3) is 7.78. The number of allylic oxidation sites excluding steroid dienone is 3. The van der Waals surface area contributed by atoms with E-state index in [4.69, 9.17) is 0 Å². The Labute approximate surface area is 228 Å². The average molecular weight is 589 g/mol.